The number of aryl methyl sites for hydroxylation is 1. The number of hydrogen-bond acceptors (Lipinski definition) is 4. The van der Waals surface area contributed by atoms with Gasteiger partial charge in [0.05, 0.1) is 12.9 Å². The van der Waals surface area contributed by atoms with Crippen LogP contribution in [0.15, 0.2) is 28.9 Å². The highest BCUT2D eigenvalue weighted by molar-refractivity contribution is 5.67. The van der Waals surface area contributed by atoms with E-state index in [1.165, 1.54) is 5.69 Å². The number of carbonyl (C=O) groups excluding carboxylic acids is 1. The fourth-order valence-electron chi connectivity index (χ4n) is 3.16. The molecule has 0 aromatic carbocycles. The van der Waals surface area contributed by atoms with E-state index >= 15 is 0 Å². The van der Waals surface area contributed by atoms with Crippen LogP contribution in [-0.2, 0) is 11.8 Å². The largest absolute Gasteiger partial charge is 0.463 e. The van der Waals surface area contributed by atoms with E-state index in [1.807, 2.05) is 28.8 Å². The van der Waals surface area contributed by atoms with E-state index < -0.39 is 0 Å². The predicted molar refractivity (Wildman–Crippen MR) is 90.7 cm³/mol. The fraction of sp³-hybridized carbons (Fsp3) is 0.556. The van der Waals surface area contributed by atoms with Crippen molar-refractivity contribution in [2.75, 3.05) is 19.7 Å². The Labute approximate surface area is 142 Å². The molecule has 2 aromatic heterocycles. The Balaban J connectivity index is 1.58. The summed E-state index contributed by atoms with van der Waals surface area (Å²) >= 11 is 0. The number of unbranched alkanes of at least 4 members (excludes halogenated alkanes) is 1. The molecule has 0 aliphatic carbocycles. The zero-order valence-electron chi connectivity index (χ0n) is 14.4. The van der Waals surface area contributed by atoms with Crippen molar-refractivity contribution in [1.82, 2.24) is 14.7 Å². The number of amides is 1. The van der Waals surface area contributed by atoms with Gasteiger partial charge in [0.1, 0.15) is 5.69 Å². The first kappa shape index (κ1) is 16.6. The van der Waals surface area contributed by atoms with E-state index in [0.717, 1.165) is 50.2 Å². The summed E-state index contributed by atoms with van der Waals surface area (Å²) in [6.07, 6.45) is 5.30. The Morgan fingerprint density at radius 1 is 1.42 bits per heavy atom. The maximum absolute atomic E-state index is 12.0. The second-order valence-electron chi connectivity index (χ2n) is 6.28. The molecule has 0 radical (unpaired) electrons. The van der Waals surface area contributed by atoms with Crippen molar-refractivity contribution >= 4 is 6.09 Å². The van der Waals surface area contributed by atoms with Crippen LogP contribution >= 0.6 is 0 Å². The highest BCUT2D eigenvalue weighted by Crippen LogP contribution is 2.31. The Bertz CT molecular complexity index is 655. The highest BCUT2D eigenvalue weighted by Gasteiger charge is 2.27. The second kappa shape index (κ2) is 7.55. The normalized spacial score (nSPS) is 15.7. The van der Waals surface area contributed by atoms with Crippen LogP contribution in [0.25, 0.3) is 11.5 Å². The first-order valence-corrected chi connectivity index (χ1v) is 8.68. The van der Waals surface area contributed by atoms with Gasteiger partial charge in [-0.15, -0.1) is 0 Å². The molecule has 0 bridgehead atoms. The van der Waals surface area contributed by atoms with Gasteiger partial charge in [0, 0.05) is 31.7 Å². The van der Waals surface area contributed by atoms with Crippen molar-refractivity contribution in [1.29, 1.82) is 0 Å². The van der Waals surface area contributed by atoms with Crippen LogP contribution in [0.1, 0.15) is 44.2 Å². The van der Waals surface area contributed by atoms with E-state index in [4.69, 9.17) is 9.15 Å². The number of rotatable bonds is 5. The van der Waals surface area contributed by atoms with Crippen molar-refractivity contribution in [3.05, 3.63) is 30.2 Å². The molecule has 1 fully saturated rings. The van der Waals surface area contributed by atoms with Gasteiger partial charge in [-0.2, -0.15) is 5.10 Å². The Morgan fingerprint density at radius 3 is 2.88 bits per heavy atom. The monoisotopic (exact) mass is 331 g/mol. The number of ether oxygens (including phenoxy) is 1. The average molecular weight is 331 g/mol. The van der Waals surface area contributed by atoms with Gasteiger partial charge in [-0.25, -0.2) is 4.79 Å². The molecule has 3 heterocycles. The zero-order valence-corrected chi connectivity index (χ0v) is 14.4. The Hall–Kier alpha value is -2.24. The molecule has 1 aliphatic rings. The first-order chi connectivity index (χ1) is 11.7. The van der Waals surface area contributed by atoms with Crippen LogP contribution in [0.2, 0.25) is 0 Å². The van der Waals surface area contributed by atoms with E-state index in [2.05, 4.69) is 18.1 Å². The fourth-order valence-corrected chi connectivity index (χ4v) is 3.16. The van der Waals surface area contributed by atoms with Gasteiger partial charge in [0.15, 0.2) is 5.76 Å². The third-order valence-corrected chi connectivity index (χ3v) is 4.58. The lowest BCUT2D eigenvalue weighted by Gasteiger charge is -2.31. The number of furan rings is 1. The van der Waals surface area contributed by atoms with Crippen LogP contribution in [0.4, 0.5) is 4.79 Å². The molecule has 0 saturated carbocycles. The van der Waals surface area contributed by atoms with Crippen LogP contribution in [0, 0.1) is 0 Å². The molecule has 0 N–H and O–H groups in total. The molecule has 2 aromatic rings. The molecule has 1 aliphatic heterocycles. The molecule has 0 unspecified atom stereocenters. The van der Waals surface area contributed by atoms with E-state index in [-0.39, 0.29) is 6.09 Å². The van der Waals surface area contributed by atoms with Crippen LogP contribution in [-0.4, -0.2) is 40.5 Å². The Morgan fingerprint density at radius 2 is 2.21 bits per heavy atom. The predicted octanol–water partition coefficient (Wildman–Crippen LogP) is 3.80. The summed E-state index contributed by atoms with van der Waals surface area (Å²) < 4.78 is 12.7. The van der Waals surface area contributed by atoms with E-state index in [9.17, 15) is 4.79 Å². The van der Waals surface area contributed by atoms with Gasteiger partial charge in [-0.05, 0) is 37.5 Å². The SMILES string of the molecule is CCCCOC(=O)N1CCC(c2cc(-c3ccco3)nn2C)CC1. The van der Waals surface area contributed by atoms with Gasteiger partial charge >= 0.3 is 6.09 Å². The first-order valence-electron chi connectivity index (χ1n) is 8.68. The number of piperidine rings is 1. The zero-order chi connectivity index (χ0) is 16.9. The smallest absolute Gasteiger partial charge is 0.409 e. The standard InChI is InChI=1S/C18H25N3O3/c1-3-4-11-24-18(22)21-9-7-14(8-10-21)16-13-15(19-20(16)2)17-6-5-12-23-17/h5-6,12-14H,3-4,7-11H2,1-2H3. The summed E-state index contributed by atoms with van der Waals surface area (Å²) in [5.74, 6) is 1.19. The van der Waals surface area contributed by atoms with Crippen molar-refractivity contribution < 1.29 is 13.9 Å². The van der Waals surface area contributed by atoms with Crippen LogP contribution in [0.5, 0.6) is 0 Å². The third-order valence-electron chi connectivity index (χ3n) is 4.58. The lowest BCUT2D eigenvalue weighted by atomic mass is 9.93. The number of hydrogen-bond donors (Lipinski definition) is 0. The highest BCUT2D eigenvalue weighted by atomic mass is 16.6. The minimum Gasteiger partial charge on any atom is -0.463 e. The second-order valence-corrected chi connectivity index (χ2v) is 6.28. The van der Waals surface area contributed by atoms with Gasteiger partial charge in [-0.1, -0.05) is 13.3 Å². The summed E-state index contributed by atoms with van der Waals surface area (Å²) in [6.45, 7) is 4.07. The molecule has 0 atom stereocenters. The Kier molecular flexibility index (Phi) is 5.23. The molecule has 0 spiro atoms. The summed E-state index contributed by atoms with van der Waals surface area (Å²) in [7, 11) is 1.97. The van der Waals surface area contributed by atoms with Crippen LogP contribution < -0.4 is 0 Å². The van der Waals surface area contributed by atoms with E-state index in [1.54, 1.807) is 6.26 Å². The molecule has 1 amide bonds. The van der Waals surface area contributed by atoms with Crippen molar-refractivity contribution in [2.24, 2.45) is 7.05 Å². The number of carbonyl (C=O) groups is 1. The quantitative estimate of drug-likeness (QED) is 0.782. The number of likely N-dealkylation sites (tertiary alicyclic amines) is 1. The summed E-state index contributed by atoms with van der Waals surface area (Å²) in [4.78, 5) is 13.8. The minimum absolute atomic E-state index is 0.178. The maximum Gasteiger partial charge on any atom is 0.409 e. The van der Waals surface area contributed by atoms with Gasteiger partial charge in [-0.3, -0.25) is 4.68 Å². The van der Waals surface area contributed by atoms with Crippen LogP contribution in [0.3, 0.4) is 0 Å². The van der Waals surface area contributed by atoms with Crippen molar-refractivity contribution in [3.8, 4) is 11.5 Å². The molecule has 3 rings (SSSR count). The molecule has 6 heteroatoms. The maximum atomic E-state index is 12.0. The number of nitrogens with zero attached hydrogens (tertiary/aromatic N) is 3. The lowest BCUT2D eigenvalue weighted by Crippen LogP contribution is -2.38. The molecular formula is C18H25N3O3. The van der Waals surface area contributed by atoms with Gasteiger partial charge in [0.2, 0.25) is 0 Å². The third kappa shape index (κ3) is 3.63. The molecule has 24 heavy (non-hydrogen) atoms. The van der Waals surface area contributed by atoms with Crippen molar-refractivity contribution in [3.63, 3.8) is 0 Å². The summed E-state index contributed by atoms with van der Waals surface area (Å²) in [5.41, 5.74) is 2.05. The molecular weight excluding hydrogens is 306 g/mol. The lowest BCUT2D eigenvalue weighted by molar-refractivity contribution is 0.0912. The van der Waals surface area contributed by atoms with Gasteiger partial charge in [0.25, 0.3) is 0 Å². The molecule has 1 saturated heterocycles. The average Bonchev–Trinajstić information content (AvgIpc) is 3.24. The van der Waals surface area contributed by atoms with Crippen molar-refractivity contribution in [2.45, 2.75) is 38.5 Å². The molecule has 130 valence electrons. The van der Waals surface area contributed by atoms with E-state index in [0.29, 0.717) is 12.5 Å². The minimum atomic E-state index is -0.178. The topological polar surface area (TPSA) is 60.5 Å². The van der Waals surface area contributed by atoms with Gasteiger partial charge < -0.3 is 14.1 Å². The summed E-state index contributed by atoms with van der Waals surface area (Å²) in [6, 6.07) is 5.88. The number of aromatic nitrogens is 2. The summed E-state index contributed by atoms with van der Waals surface area (Å²) in [5, 5.41) is 4.55. The molecule has 6 nitrogen and oxygen atoms in total.